The van der Waals surface area contributed by atoms with Crippen LogP contribution in [0.15, 0.2) is 0 Å². The Hall–Kier alpha value is -1.14. The Balaban J connectivity index is 1.97. The van der Waals surface area contributed by atoms with Crippen LogP contribution in [-0.4, -0.2) is 55.9 Å². The van der Waals surface area contributed by atoms with Crippen LogP contribution in [0.4, 0.5) is 4.79 Å². The lowest BCUT2D eigenvalue weighted by atomic mass is 9.75. The Morgan fingerprint density at radius 3 is 2.85 bits per heavy atom. The van der Waals surface area contributed by atoms with Crippen LogP contribution in [0.5, 0.6) is 0 Å². The predicted octanol–water partition coefficient (Wildman–Crippen LogP) is 1.15. The minimum absolute atomic E-state index is 0.133. The molecule has 0 bridgehead atoms. The van der Waals surface area contributed by atoms with Crippen molar-refractivity contribution < 1.29 is 19.1 Å². The van der Waals surface area contributed by atoms with Crippen LogP contribution in [0.1, 0.15) is 32.6 Å². The number of nitrogens with one attached hydrogen (secondary N) is 1. The van der Waals surface area contributed by atoms with E-state index in [1.54, 1.807) is 12.0 Å². The van der Waals surface area contributed by atoms with E-state index < -0.39 is 5.54 Å². The summed E-state index contributed by atoms with van der Waals surface area (Å²) in [5.41, 5.74) is -0.640. The highest BCUT2D eigenvalue weighted by Gasteiger charge is 2.53. The maximum absolute atomic E-state index is 12.2. The number of hydrogen-bond donors (Lipinski definition) is 1. The lowest BCUT2D eigenvalue weighted by molar-refractivity contribution is -0.129. The van der Waals surface area contributed by atoms with Crippen molar-refractivity contribution in [3.05, 3.63) is 0 Å². The van der Waals surface area contributed by atoms with Gasteiger partial charge in [-0.2, -0.15) is 0 Å². The Morgan fingerprint density at radius 2 is 2.15 bits per heavy atom. The number of urea groups is 1. The lowest BCUT2D eigenvalue weighted by Crippen LogP contribution is -2.53. The molecule has 2 unspecified atom stereocenters. The van der Waals surface area contributed by atoms with E-state index in [9.17, 15) is 9.59 Å². The molecule has 2 rings (SSSR count). The van der Waals surface area contributed by atoms with Gasteiger partial charge in [0.25, 0.3) is 5.91 Å². The van der Waals surface area contributed by atoms with Gasteiger partial charge < -0.3 is 14.4 Å². The number of hydrogen-bond acceptors (Lipinski definition) is 4. The van der Waals surface area contributed by atoms with Crippen LogP contribution in [0.25, 0.3) is 0 Å². The average molecular weight is 284 g/mol. The van der Waals surface area contributed by atoms with Gasteiger partial charge in [-0.25, -0.2) is 4.79 Å². The van der Waals surface area contributed by atoms with Crippen LogP contribution in [0.3, 0.4) is 0 Å². The summed E-state index contributed by atoms with van der Waals surface area (Å²) in [5, 5.41) is 2.47. The first-order valence-corrected chi connectivity index (χ1v) is 7.30. The summed E-state index contributed by atoms with van der Waals surface area (Å²) in [5.74, 6) is 0.336. The standard InChI is InChI=1S/C14H24N2O4/c1-11-4-3-5-14(10-11)12(17)15-13(18)16(14)6-7-20-9-8-19-2/h11H,3-10H2,1-2H3,(H,15,17,18). The van der Waals surface area contributed by atoms with Crippen molar-refractivity contribution in [3.8, 4) is 0 Å². The van der Waals surface area contributed by atoms with Gasteiger partial charge in [0.2, 0.25) is 0 Å². The van der Waals surface area contributed by atoms with E-state index >= 15 is 0 Å². The van der Waals surface area contributed by atoms with Crippen molar-refractivity contribution in [2.24, 2.45) is 5.92 Å². The van der Waals surface area contributed by atoms with E-state index in [0.29, 0.717) is 32.3 Å². The van der Waals surface area contributed by atoms with Crippen LogP contribution < -0.4 is 5.32 Å². The highest BCUT2D eigenvalue weighted by Crippen LogP contribution is 2.39. The monoisotopic (exact) mass is 284 g/mol. The highest BCUT2D eigenvalue weighted by molar-refractivity contribution is 6.07. The molecule has 1 saturated carbocycles. The first kappa shape index (κ1) is 15.3. The SMILES string of the molecule is COCCOCCN1C(=O)NC(=O)C12CCCC(C)C2. The maximum atomic E-state index is 12.2. The van der Waals surface area contributed by atoms with Crippen molar-refractivity contribution in [1.82, 2.24) is 10.2 Å². The lowest BCUT2D eigenvalue weighted by Gasteiger charge is -2.40. The van der Waals surface area contributed by atoms with Gasteiger partial charge in [-0.1, -0.05) is 19.8 Å². The fourth-order valence-corrected chi connectivity index (χ4v) is 3.29. The van der Waals surface area contributed by atoms with Gasteiger partial charge in [-0.05, 0) is 18.8 Å². The van der Waals surface area contributed by atoms with Crippen molar-refractivity contribution in [3.63, 3.8) is 0 Å². The molecule has 6 nitrogen and oxygen atoms in total. The first-order valence-electron chi connectivity index (χ1n) is 7.30. The van der Waals surface area contributed by atoms with Gasteiger partial charge in [0.1, 0.15) is 5.54 Å². The summed E-state index contributed by atoms with van der Waals surface area (Å²) in [7, 11) is 1.62. The fraction of sp³-hybridized carbons (Fsp3) is 0.857. The third-order valence-corrected chi connectivity index (χ3v) is 4.27. The number of nitrogens with zero attached hydrogens (tertiary/aromatic N) is 1. The Kier molecular flexibility index (Phi) is 4.99. The van der Waals surface area contributed by atoms with Gasteiger partial charge in [0, 0.05) is 13.7 Å². The highest BCUT2D eigenvalue weighted by atomic mass is 16.5. The van der Waals surface area contributed by atoms with E-state index in [4.69, 9.17) is 9.47 Å². The van der Waals surface area contributed by atoms with Crippen LogP contribution in [0.2, 0.25) is 0 Å². The largest absolute Gasteiger partial charge is 0.382 e. The maximum Gasteiger partial charge on any atom is 0.325 e. The zero-order valence-electron chi connectivity index (χ0n) is 12.3. The molecule has 1 spiro atoms. The molecule has 1 N–H and O–H groups in total. The average Bonchev–Trinajstić information content (AvgIpc) is 2.62. The summed E-state index contributed by atoms with van der Waals surface area (Å²) in [4.78, 5) is 25.9. The smallest absolute Gasteiger partial charge is 0.325 e. The molecule has 20 heavy (non-hydrogen) atoms. The minimum Gasteiger partial charge on any atom is -0.382 e. The van der Waals surface area contributed by atoms with Crippen molar-refractivity contribution >= 4 is 11.9 Å². The quantitative estimate of drug-likeness (QED) is 0.587. The Morgan fingerprint density at radius 1 is 1.35 bits per heavy atom. The molecule has 3 amide bonds. The molecule has 0 aromatic carbocycles. The topological polar surface area (TPSA) is 67.9 Å². The normalized spacial score (nSPS) is 30.1. The van der Waals surface area contributed by atoms with E-state index in [1.165, 1.54) is 0 Å². The molecule has 0 aromatic heterocycles. The number of carbonyl (C=O) groups excluding carboxylic acids is 2. The summed E-state index contributed by atoms with van der Waals surface area (Å²) >= 11 is 0. The molecule has 2 aliphatic rings. The van der Waals surface area contributed by atoms with Gasteiger partial charge in [-0.3, -0.25) is 10.1 Å². The Labute approximate surface area is 119 Å². The molecule has 2 fully saturated rings. The van der Waals surface area contributed by atoms with Gasteiger partial charge in [0.05, 0.1) is 19.8 Å². The van der Waals surface area contributed by atoms with Crippen molar-refractivity contribution in [2.45, 2.75) is 38.1 Å². The number of ether oxygens (including phenoxy) is 2. The van der Waals surface area contributed by atoms with Crippen LogP contribution in [-0.2, 0) is 14.3 Å². The van der Waals surface area contributed by atoms with Crippen molar-refractivity contribution in [1.29, 1.82) is 0 Å². The molecule has 1 saturated heterocycles. The third kappa shape index (κ3) is 2.96. The molecule has 114 valence electrons. The molecule has 1 aliphatic carbocycles. The van der Waals surface area contributed by atoms with E-state index in [-0.39, 0.29) is 11.9 Å². The van der Waals surface area contributed by atoms with E-state index in [1.807, 2.05) is 0 Å². The number of rotatable bonds is 6. The van der Waals surface area contributed by atoms with Gasteiger partial charge >= 0.3 is 6.03 Å². The molecule has 0 aromatic rings. The zero-order chi connectivity index (χ0) is 14.6. The number of methoxy groups -OCH3 is 1. The van der Waals surface area contributed by atoms with E-state index in [2.05, 4.69) is 12.2 Å². The second-order valence-corrected chi connectivity index (χ2v) is 5.75. The number of carbonyl (C=O) groups is 2. The first-order chi connectivity index (χ1) is 9.60. The predicted molar refractivity (Wildman–Crippen MR) is 73.3 cm³/mol. The molecule has 0 radical (unpaired) electrons. The van der Waals surface area contributed by atoms with E-state index in [0.717, 1.165) is 25.7 Å². The van der Waals surface area contributed by atoms with Crippen molar-refractivity contribution in [2.75, 3.05) is 33.5 Å². The minimum atomic E-state index is -0.640. The molecule has 6 heteroatoms. The Bertz CT molecular complexity index is 374. The molecule has 2 atom stereocenters. The summed E-state index contributed by atoms with van der Waals surface area (Å²) in [6.45, 7) is 4.06. The summed E-state index contributed by atoms with van der Waals surface area (Å²) in [6, 6.07) is -0.278. The van der Waals surface area contributed by atoms with Gasteiger partial charge in [0.15, 0.2) is 0 Å². The number of amides is 3. The van der Waals surface area contributed by atoms with Gasteiger partial charge in [-0.15, -0.1) is 0 Å². The second kappa shape index (κ2) is 6.54. The fourth-order valence-electron chi connectivity index (χ4n) is 3.29. The third-order valence-electron chi connectivity index (χ3n) is 4.27. The summed E-state index contributed by atoms with van der Waals surface area (Å²) in [6.07, 6.45) is 3.62. The molecular formula is C14H24N2O4. The molecular weight excluding hydrogens is 260 g/mol. The van der Waals surface area contributed by atoms with Crippen LogP contribution >= 0.6 is 0 Å². The zero-order valence-corrected chi connectivity index (χ0v) is 12.3. The second-order valence-electron chi connectivity index (χ2n) is 5.75. The summed E-state index contributed by atoms with van der Waals surface area (Å²) < 4.78 is 10.3. The van der Waals surface area contributed by atoms with Crippen LogP contribution in [0, 0.1) is 5.92 Å². The molecule has 1 aliphatic heterocycles. The number of imide groups is 1. The molecule has 1 heterocycles.